The highest BCUT2D eigenvalue weighted by molar-refractivity contribution is 7.98. The SMILES string of the molecule is Fc1cc2c(c(CSc3nnc(CN4CCCCC4)n3Cc3ccccc3)c1)OCOC2. The first kappa shape index (κ1) is 21.4. The summed E-state index contributed by atoms with van der Waals surface area (Å²) in [6.45, 7) is 4.29. The molecule has 1 saturated heterocycles. The summed E-state index contributed by atoms with van der Waals surface area (Å²) in [5.41, 5.74) is 2.78. The summed E-state index contributed by atoms with van der Waals surface area (Å²) in [6, 6.07) is 13.4. The molecule has 6 nitrogen and oxygen atoms in total. The van der Waals surface area contributed by atoms with Gasteiger partial charge in [-0.05, 0) is 43.6 Å². The minimum atomic E-state index is -0.273. The minimum Gasteiger partial charge on any atom is -0.467 e. The number of ether oxygens (including phenoxy) is 2. The zero-order chi connectivity index (χ0) is 21.8. The molecule has 0 atom stereocenters. The Morgan fingerprint density at radius 3 is 2.69 bits per heavy atom. The average Bonchev–Trinajstić information content (AvgIpc) is 3.19. The number of aromatic nitrogens is 3. The molecular weight excluding hydrogens is 427 g/mol. The van der Waals surface area contributed by atoms with E-state index in [0.717, 1.165) is 47.5 Å². The highest BCUT2D eigenvalue weighted by Crippen LogP contribution is 2.34. The van der Waals surface area contributed by atoms with E-state index in [1.165, 1.54) is 30.9 Å². The molecule has 0 aliphatic carbocycles. The van der Waals surface area contributed by atoms with Gasteiger partial charge in [0.05, 0.1) is 19.7 Å². The molecule has 0 N–H and O–H groups in total. The predicted octanol–water partition coefficient (Wildman–Crippen LogP) is 4.61. The van der Waals surface area contributed by atoms with Crippen molar-refractivity contribution in [1.29, 1.82) is 0 Å². The van der Waals surface area contributed by atoms with Gasteiger partial charge in [0.15, 0.2) is 11.9 Å². The smallest absolute Gasteiger partial charge is 0.191 e. The molecule has 3 heterocycles. The van der Waals surface area contributed by atoms with Gasteiger partial charge in [0.1, 0.15) is 17.4 Å². The van der Waals surface area contributed by atoms with E-state index in [-0.39, 0.29) is 12.6 Å². The fourth-order valence-corrected chi connectivity index (χ4v) is 5.21. The van der Waals surface area contributed by atoms with Crippen molar-refractivity contribution in [2.75, 3.05) is 19.9 Å². The standard InChI is InChI=1S/C24H27FN4O2S/c25-21-11-19-15-30-17-31-23(19)20(12-21)16-32-24-27-26-22(14-28-9-5-2-6-10-28)29(24)13-18-7-3-1-4-8-18/h1,3-4,7-8,11-12H,2,5-6,9-10,13-17H2. The van der Waals surface area contributed by atoms with Crippen LogP contribution in [0.15, 0.2) is 47.6 Å². The van der Waals surface area contributed by atoms with Crippen molar-refractivity contribution < 1.29 is 13.9 Å². The summed E-state index contributed by atoms with van der Waals surface area (Å²) in [5.74, 6) is 1.98. The van der Waals surface area contributed by atoms with Crippen LogP contribution in [0.3, 0.4) is 0 Å². The molecule has 0 spiro atoms. The van der Waals surface area contributed by atoms with E-state index < -0.39 is 0 Å². The quantitative estimate of drug-likeness (QED) is 0.486. The molecule has 2 aromatic carbocycles. The summed E-state index contributed by atoms with van der Waals surface area (Å²) in [4.78, 5) is 2.46. The first-order valence-corrected chi connectivity index (χ1v) is 12.1. The Labute approximate surface area is 191 Å². The molecule has 2 aliphatic heterocycles. The second-order valence-corrected chi connectivity index (χ2v) is 9.20. The number of hydrogen-bond donors (Lipinski definition) is 0. The molecule has 3 aromatic rings. The number of nitrogens with zero attached hydrogens (tertiary/aromatic N) is 4. The Balaban J connectivity index is 1.39. The zero-order valence-electron chi connectivity index (χ0n) is 18.0. The van der Waals surface area contributed by atoms with Crippen LogP contribution < -0.4 is 4.74 Å². The van der Waals surface area contributed by atoms with Crippen LogP contribution in [-0.4, -0.2) is 39.5 Å². The summed E-state index contributed by atoms with van der Waals surface area (Å²) in [5, 5.41) is 9.91. The van der Waals surface area contributed by atoms with Gasteiger partial charge in [0, 0.05) is 16.9 Å². The van der Waals surface area contributed by atoms with Gasteiger partial charge in [-0.15, -0.1) is 10.2 Å². The lowest BCUT2D eigenvalue weighted by Crippen LogP contribution is -2.30. The number of hydrogen-bond acceptors (Lipinski definition) is 6. The predicted molar refractivity (Wildman–Crippen MR) is 121 cm³/mol. The molecule has 32 heavy (non-hydrogen) atoms. The Morgan fingerprint density at radius 1 is 1.00 bits per heavy atom. The normalized spacial score (nSPS) is 16.5. The maximum absolute atomic E-state index is 14.2. The number of rotatable bonds is 7. The molecule has 0 amide bonds. The lowest BCUT2D eigenvalue weighted by Gasteiger charge is -2.26. The monoisotopic (exact) mass is 454 g/mol. The number of halogens is 1. The number of likely N-dealkylation sites (tertiary alicyclic amines) is 1. The number of piperidine rings is 1. The Kier molecular flexibility index (Phi) is 6.71. The van der Waals surface area contributed by atoms with Crippen LogP contribution in [0, 0.1) is 5.82 Å². The van der Waals surface area contributed by atoms with Crippen LogP contribution in [0.4, 0.5) is 4.39 Å². The van der Waals surface area contributed by atoms with Gasteiger partial charge in [-0.2, -0.15) is 0 Å². The first-order valence-electron chi connectivity index (χ1n) is 11.1. The van der Waals surface area contributed by atoms with E-state index in [0.29, 0.717) is 18.9 Å². The third kappa shape index (κ3) is 4.98. The fraction of sp³-hybridized carbons (Fsp3) is 0.417. The first-order chi connectivity index (χ1) is 15.8. The van der Waals surface area contributed by atoms with Gasteiger partial charge in [-0.3, -0.25) is 4.90 Å². The number of fused-ring (bicyclic) bond motifs is 1. The molecule has 5 rings (SSSR count). The van der Waals surface area contributed by atoms with Crippen LogP contribution in [0.2, 0.25) is 0 Å². The highest BCUT2D eigenvalue weighted by Gasteiger charge is 2.21. The molecule has 0 saturated carbocycles. The molecule has 168 valence electrons. The molecule has 0 unspecified atom stereocenters. The zero-order valence-corrected chi connectivity index (χ0v) is 18.8. The van der Waals surface area contributed by atoms with Crippen molar-refractivity contribution >= 4 is 11.8 Å². The third-order valence-corrected chi connectivity index (χ3v) is 6.91. The van der Waals surface area contributed by atoms with Gasteiger partial charge in [0.2, 0.25) is 0 Å². The third-order valence-electron chi connectivity index (χ3n) is 5.90. The average molecular weight is 455 g/mol. The summed E-state index contributed by atoms with van der Waals surface area (Å²) >= 11 is 1.57. The van der Waals surface area contributed by atoms with E-state index in [4.69, 9.17) is 9.47 Å². The van der Waals surface area contributed by atoms with Crippen LogP contribution in [0.5, 0.6) is 5.75 Å². The molecular formula is C24H27FN4O2S. The molecule has 8 heteroatoms. The number of thioether (sulfide) groups is 1. The second kappa shape index (κ2) is 10.0. The summed E-state index contributed by atoms with van der Waals surface area (Å²) in [6.07, 6.45) is 3.78. The maximum Gasteiger partial charge on any atom is 0.191 e. The van der Waals surface area contributed by atoms with Gasteiger partial charge in [-0.1, -0.05) is 48.5 Å². The molecule has 1 aromatic heterocycles. The van der Waals surface area contributed by atoms with Crippen molar-refractivity contribution in [3.63, 3.8) is 0 Å². The molecule has 0 bridgehead atoms. The Morgan fingerprint density at radius 2 is 1.84 bits per heavy atom. The Bertz CT molecular complexity index is 1050. The van der Waals surface area contributed by atoms with E-state index in [1.54, 1.807) is 17.8 Å². The number of benzene rings is 2. The van der Waals surface area contributed by atoms with Gasteiger partial charge in [-0.25, -0.2) is 4.39 Å². The van der Waals surface area contributed by atoms with Gasteiger partial charge in [0.25, 0.3) is 0 Å². The maximum atomic E-state index is 14.2. The summed E-state index contributed by atoms with van der Waals surface area (Å²) < 4.78 is 27.3. The fourth-order valence-electron chi connectivity index (χ4n) is 4.29. The lowest BCUT2D eigenvalue weighted by atomic mass is 10.1. The summed E-state index contributed by atoms with van der Waals surface area (Å²) in [7, 11) is 0. The molecule has 2 aliphatic rings. The lowest BCUT2D eigenvalue weighted by molar-refractivity contribution is -0.0171. The van der Waals surface area contributed by atoms with Crippen molar-refractivity contribution in [2.24, 2.45) is 0 Å². The minimum absolute atomic E-state index is 0.195. The van der Waals surface area contributed by atoms with Crippen molar-refractivity contribution in [1.82, 2.24) is 19.7 Å². The van der Waals surface area contributed by atoms with Crippen molar-refractivity contribution in [2.45, 2.75) is 49.9 Å². The van der Waals surface area contributed by atoms with Gasteiger partial charge >= 0.3 is 0 Å². The molecule has 0 radical (unpaired) electrons. The van der Waals surface area contributed by atoms with Crippen molar-refractivity contribution in [3.8, 4) is 5.75 Å². The Hall–Kier alpha value is -2.42. The van der Waals surface area contributed by atoms with E-state index in [2.05, 4.69) is 43.9 Å². The highest BCUT2D eigenvalue weighted by atomic mass is 32.2. The van der Waals surface area contributed by atoms with Crippen LogP contribution in [-0.2, 0) is 30.2 Å². The second-order valence-electron chi connectivity index (χ2n) is 8.26. The van der Waals surface area contributed by atoms with Crippen LogP contribution >= 0.6 is 11.8 Å². The van der Waals surface area contributed by atoms with E-state index >= 15 is 0 Å². The van der Waals surface area contributed by atoms with E-state index in [9.17, 15) is 4.39 Å². The van der Waals surface area contributed by atoms with Crippen LogP contribution in [0.1, 0.15) is 41.8 Å². The molecule has 1 fully saturated rings. The van der Waals surface area contributed by atoms with Crippen LogP contribution in [0.25, 0.3) is 0 Å². The largest absolute Gasteiger partial charge is 0.467 e. The topological polar surface area (TPSA) is 52.4 Å². The van der Waals surface area contributed by atoms with Crippen molar-refractivity contribution in [3.05, 3.63) is 70.8 Å². The van der Waals surface area contributed by atoms with E-state index in [1.807, 2.05) is 6.07 Å². The van der Waals surface area contributed by atoms with Gasteiger partial charge < -0.3 is 14.0 Å².